The molecule has 7 heteroatoms. The van der Waals surface area contributed by atoms with Crippen molar-refractivity contribution >= 4 is 38.7 Å². The summed E-state index contributed by atoms with van der Waals surface area (Å²) < 4.78 is 28.4. The van der Waals surface area contributed by atoms with Gasteiger partial charge in [0.2, 0.25) is 0 Å². The third-order valence-corrected chi connectivity index (χ3v) is 6.49. The van der Waals surface area contributed by atoms with Crippen LogP contribution < -0.4 is 15.4 Å². The van der Waals surface area contributed by atoms with Crippen molar-refractivity contribution in [2.75, 3.05) is 16.6 Å². The molecule has 0 spiro atoms. The minimum Gasteiger partial charge on any atom is -0.362 e. The Hall–Kier alpha value is -2.90. The molecule has 0 fully saturated rings. The largest absolute Gasteiger partial charge is 0.362 e. The summed E-state index contributed by atoms with van der Waals surface area (Å²) in [5, 5.41) is 6.75. The lowest BCUT2D eigenvalue weighted by Crippen LogP contribution is -2.30. The van der Waals surface area contributed by atoms with E-state index in [2.05, 4.69) is 27.5 Å². The number of thiocarbonyl (C=S) groups is 1. The second-order valence-corrected chi connectivity index (χ2v) is 9.61. The van der Waals surface area contributed by atoms with E-state index in [-0.39, 0.29) is 4.90 Å². The first-order valence-corrected chi connectivity index (χ1v) is 11.9. The molecule has 0 saturated heterocycles. The maximum atomic E-state index is 12.8. The van der Waals surface area contributed by atoms with Crippen LogP contribution in [-0.4, -0.2) is 20.1 Å². The number of hydrogen-bond acceptors (Lipinski definition) is 3. The molecule has 0 unspecified atom stereocenters. The Bertz CT molecular complexity index is 1140. The first kappa shape index (κ1) is 22.8. The SMILES string of the molecule is Cc1cc(C)c(NS(=O)(=O)c2ccc(NC(=S)NCCc3ccccc3)cc2)c(C)c1. The molecule has 0 atom stereocenters. The van der Waals surface area contributed by atoms with Crippen LogP contribution in [0.15, 0.2) is 71.6 Å². The zero-order valence-electron chi connectivity index (χ0n) is 17.9. The van der Waals surface area contributed by atoms with Gasteiger partial charge in [-0.25, -0.2) is 8.42 Å². The number of rotatable bonds is 7. The van der Waals surface area contributed by atoms with Crippen molar-refractivity contribution in [3.8, 4) is 0 Å². The van der Waals surface area contributed by atoms with Gasteiger partial charge in [-0.3, -0.25) is 4.72 Å². The first-order valence-electron chi connectivity index (χ1n) is 10.0. The Balaban J connectivity index is 1.59. The molecule has 3 aromatic carbocycles. The highest BCUT2D eigenvalue weighted by molar-refractivity contribution is 7.92. The molecule has 162 valence electrons. The van der Waals surface area contributed by atoms with E-state index in [1.165, 1.54) is 5.56 Å². The quantitative estimate of drug-likeness (QED) is 0.442. The van der Waals surface area contributed by atoms with Gasteiger partial charge in [-0.15, -0.1) is 0 Å². The van der Waals surface area contributed by atoms with Crippen molar-refractivity contribution in [2.45, 2.75) is 32.1 Å². The molecule has 0 aromatic heterocycles. The second-order valence-electron chi connectivity index (χ2n) is 7.52. The Morgan fingerprint density at radius 1 is 0.903 bits per heavy atom. The van der Waals surface area contributed by atoms with Crippen molar-refractivity contribution in [1.82, 2.24) is 5.32 Å². The number of hydrogen-bond donors (Lipinski definition) is 3. The molecule has 3 rings (SSSR count). The van der Waals surface area contributed by atoms with Crippen LogP contribution in [0, 0.1) is 20.8 Å². The van der Waals surface area contributed by atoms with Crippen LogP contribution in [0.3, 0.4) is 0 Å². The molecule has 0 radical (unpaired) electrons. The van der Waals surface area contributed by atoms with E-state index in [9.17, 15) is 8.42 Å². The molecule has 0 bridgehead atoms. The van der Waals surface area contributed by atoms with Crippen LogP contribution in [0.25, 0.3) is 0 Å². The number of aryl methyl sites for hydroxylation is 3. The summed E-state index contributed by atoms with van der Waals surface area (Å²) in [6.07, 6.45) is 0.864. The van der Waals surface area contributed by atoms with Crippen molar-refractivity contribution in [2.24, 2.45) is 0 Å². The molecule has 0 aliphatic heterocycles. The Kier molecular flexibility index (Phi) is 7.30. The minimum absolute atomic E-state index is 0.195. The van der Waals surface area contributed by atoms with Crippen LogP contribution in [0.1, 0.15) is 22.3 Å². The zero-order valence-corrected chi connectivity index (χ0v) is 19.5. The van der Waals surface area contributed by atoms with E-state index >= 15 is 0 Å². The lowest BCUT2D eigenvalue weighted by atomic mass is 10.1. The highest BCUT2D eigenvalue weighted by Crippen LogP contribution is 2.25. The third kappa shape index (κ3) is 6.29. The fourth-order valence-electron chi connectivity index (χ4n) is 3.39. The van der Waals surface area contributed by atoms with Crippen molar-refractivity contribution < 1.29 is 8.42 Å². The lowest BCUT2D eigenvalue weighted by molar-refractivity contribution is 0.601. The molecular formula is C24H27N3O2S2. The summed E-state index contributed by atoms with van der Waals surface area (Å²) in [4.78, 5) is 0.195. The predicted octanol–water partition coefficient (Wildman–Crippen LogP) is 4.94. The maximum absolute atomic E-state index is 12.8. The van der Waals surface area contributed by atoms with Gasteiger partial charge in [-0.05, 0) is 80.4 Å². The average molecular weight is 454 g/mol. The van der Waals surface area contributed by atoms with Crippen LogP contribution >= 0.6 is 12.2 Å². The summed E-state index contributed by atoms with van der Waals surface area (Å²) in [5.41, 5.74) is 5.47. The van der Waals surface area contributed by atoms with E-state index in [0.717, 1.165) is 28.8 Å². The van der Waals surface area contributed by atoms with Gasteiger partial charge in [0.1, 0.15) is 0 Å². The van der Waals surface area contributed by atoms with Gasteiger partial charge < -0.3 is 10.6 Å². The van der Waals surface area contributed by atoms with E-state index in [4.69, 9.17) is 12.2 Å². The van der Waals surface area contributed by atoms with Crippen molar-refractivity contribution in [3.05, 3.63) is 89.0 Å². The van der Waals surface area contributed by atoms with Gasteiger partial charge in [0.25, 0.3) is 10.0 Å². The third-order valence-electron chi connectivity index (χ3n) is 4.88. The van der Waals surface area contributed by atoms with Gasteiger partial charge in [-0.2, -0.15) is 0 Å². The monoisotopic (exact) mass is 453 g/mol. The Morgan fingerprint density at radius 2 is 1.52 bits per heavy atom. The Morgan fingerprint density at radius 3 is 2.13 bits per heavy atom. The molecule has 0 heterocycles. The van der Waals surface area contributed by atoms with Crippen LogP contribution in [0.5, 0.6) is 0 Å². The molecule has 0 aliphatic rings. The maximum Gasteiger partial charge on any atom is 0.261 e. The highest BCUT2D eigenvalue weighted by atomic mass is 32.2. The number of sulfonamides is 1. The zero-order chi connectivity index (χ0) is 22.4. The van der Waals surface area contributed by atoms with Crippen molar-refractivity contribution in [3.63, 3.8) is 0 Å². The molecule has 5 nitrogen and oxygen atoms in total. The smallest absolute Gasteiger partial charge is 0.261 e. The van der Waals surface area contributed by atoms with E-state index < -0.39 is 10.0 Å². The average Bonchev–Trinajstić information content (AvgIpc) is 2.72. The van der Waals surface area contributed by atoms with Crippen molar-refractivity contribution in [1.29, 1.82) is 0 Å². The fraction of sp³-hybridized carbons (Fsp3) is 0.208. The van der Waals surface area contributed by atoms with Gasteiger partial charge in [0.15, 0.2) is 5.11 Å². The standard InChI is InChI=1S/C24H27N3O2S2/c1-17-15-18(2)23(19(3)16-17)27-31(28,29)22-11-9-21(10-12-22)26-24(30)25-14-13-20-7-5-4-6-8-20/h4-12,15-16,27H,13-14H2,1-3H3,(H2,25,26,30). The van der Waals surface area contributed by atoms with E-state index in [0.29, 0.717) is 17.3 Å². The molecule has 3 N–H and O–H groups in total. The molecule has 0 aliphatic carbocycles. The van der Waals surface area contributed by atoms with E-state index in [1.807, 2.05) is 51.1 Å². The summed E-state index contributed by atoms with van der Waals surface area (Å²) in [6.45, 7) is 6.50. The predicted molar refractivity (Wildman–Crippen MR) is 132 cm³/mol. The molecule has 0 amide bonds. The Labute approximate surface area is 190 Å². The van der Waals surface area contributed by atoms with Gasteiger partial charge in [0.05, 0.1) is 10.6 Å². The number of benzene rings is 3. The summed E-state index contributed by atoms with van der Waals surface area (Å²) in [5.74, 6) is 0. The van der Waals surface area contributed by atoms with Crippen LogP contribution in [0.4, 0.5) is 11.4 Å². The lowest BCUT2D eigenvalue weighted by Gasteiger charge is -2.15. The molecule has 0 saturated carbocycles. The molecule has 31 heavy (non-hydrogen) atoms. The second kappa shape index (κ2) is 9.94. The highest BCUT2D eigenvalue weighted by Gasteiger charge is 2.17. The van der Waals surface area contributed by atoms with E-state index in [1.54, 1.807) is 24.3 Å². The fourth-order valence-corrected chi connectivity index (χ4v) is 4.81. The molecule has 3 aromatic rings. The summed E-state index contributed by atoms with van der Waals surface area (Å²) >= 11 is 5.33. The normalized spacial score (nSPS) is 11.1. The van der Waals surface area contributed by atoms with Crippen LogP contribution in [0.2, 0.25) is 0 Å². The summed E-state index contributed by atoms with van der Waals surface area (Å²) in [6, 6.07) is 20.6. The number of nitrogens with one attached hydrogen (secondary N) is 3. The minimum atomic E-state index is -3.69. The number of anilines is 2. The topological polar surface area (TPSA) is 70.2 Å². The van der Waals surface area contributed by atoms with Gasteiger partial charge >= 0.3 is 0 Å². The van der Waals surface area contributed by atoms with Gasteiger partial charge in [0, 0.05) is 12.2 Å². The van der Waals surface area contributed by atoms with Crippen LogP contribution in [-0.2, 0) is 16.4 Å². The molecular weight excluding hydrogens is 426 g/mol. The van der Waals surface area contributed by atoms with Gasteiger partial charge in [-0.1, -0.05) is 48.0 Å². The first-order chi connectivity index (χ1) is 14.7. The summed E-state index contributed by atoms with van der Waals surface area (Å²) in [7, 11) is -3.69.